The van der Waals surface area contributed by atoms with Crippen molar-refractivity contribution in [2.24, 2.45) is 0 Å². The van der Waals surface area contributed by atoms with E-state index < -0.39 is 0 Å². The first-order valence-electron chi connectivity index (χ1n) is 6.14. The van der Waals surface area contributed by atoms with Crippen LogP contribution in [0.2, 0.25) is 0 Å². The Morgan fingerprint density at radius 3 is 3.00 bits per heavy atom. The fourth-order valence-corrected chi connectivity index (χ4v) is 2.28. The molecule has 0 bridgehead atoms. The zero-order valence-electron chi connectivity index (χ0n) is 10.5. The van der Waals surface area contributed by atoms with Gasteiger partial charge in [-0.3, -0.25) is 9.89 Å². The predicted octanol–water partition coefficient (Wildman–Crippen LogP) is 0.417. The standard InChI is InChI=1S/C11H19N5O.ClH/c1-2-11(5-3-6-14-11)10(17)12-7-4-9-13-8-15-16-9;/h8,14H,2-7H2,1H3,(H,12,17)(H,13,15,16);1H. The lowest BCUT2D eigenvalue weighted by atomic mass is 9.93. The summed E-state index contributed by atoms with van der Waals surface area (Å²) in [7, 11) is 0. The zero-order chi connectivity index (χ0) is 12.1. The lowest BCUT2D eigenvalue weighted by Gasteiger charge is -2.26. The van der Waals surface area contributed by atoms with Crippen LogP contribution in [-0.2, 0) is 11.2 Å². The molecule has 7 heteroatoms. The third-order valence-electron chi connectivity index (χ3n) is 3.39. The third-order valence-corrected chi connectivity index (χ3v) is 3.39. The monoisotopic (exact) mass is 273 g/mol. The molecule has 0 saturated carbocycles. The van der Waals surface area contributed by atoms with Gasteiger partial charge in [0.05, 0.1) is 5.54 Å². The fourth-order valence-electron chi connectivity index (χ4n) is 2.28. The van der Waals surface area contributed by atoms with Gasteiger partial charge in [0.2, 0.25) is 5.91 Å². The summed E-state index contributed by atoms with van der Waals surface area (Å²) < 4.78 is 0. The van der Waals surface area contributed by atoms with Gasteiger partial charge < -0.3 is 10.6 Å². The first-order chi connectivity index (χ1) is 8.27. The lowest BCUT2D eigenvalue weighted by molar-refractivity contribution is -0.127. The number of H-pyrrole nitrogens is 1. The van der Waals surface area contributed by atoms with E-state index in [1.54, 1.807) is 0 Å². The molecule has 1 saturated heterocycles. The van der Waals surface area contributed by atoms with Gasteiger partial charge in [0.1, 0.15) is 12.2 Å². The number of rotatable bonds is 5. The highest BCUT2D eigenvalue weighted by Crippen LogP contribution is 2.22. The number of carbonyl (C=O) groups excluding carboxylic acids is 1. The Kier molecular flexibility index (Phi) is 5.55. The van der Waals surface area contributed by atoms with Gasteiger partial charge in [-0.15, -0.1) is 12.4 Å². The van der Waals surface area contributed by atoms with Crippen LogP contribution in [0.3, 0.4) is 0 Å². The highest BCUT2D eigenvalue weighted by Gasteiger charge is 2.38. The van der Waals surface area contributed by atoms with Crippen LogP contribution >= 0.6 is 12.4 Å². The van der Waals surface area contributed by atoms with Crippen molar-refractivity contribution in [3.8, 4) is 0 Å². The number of nitrogens with zero attached hydrogens (tertiary/aromatic N) is 2. The van der Waals surface area contributed by atoms with Gasteiger partial charge >= 0.3 is 0 Å². The normalized spacial score (nSPS) is 22.5. The van der Waals surface area contributed by atoms with Crippen LogP contribution in [0.25, 0.3) is 0 Å². The molecule has 1 aromatic heterocycles. The molecule has 0 radical (unpaired) electrons. The Morgan fingerprint density at radius 1 is 1.61 bits per heavy atom. The molecule has 1 aliphatic rings. The van der Waals surface area contributed by atoms with Gasteiger partial charge in [-0.05, 0) is 25.8 Å². The number of aromatic amines is 1. The molecular weight excluding hydrogens is 254 g/mol. The fraction of sp³-hybridized carbons (Fsp3) is 0.727. The number of nitrogens with one attached hydrogen (secondary N) is 3. The Bertz CT molecular complexity index is 362. The molecule has 0 aliphatic carbocycles. The molecule has 1 unspecified atom stereocenters. The summed E-state index contributed by atoms with van der Waals surface area (Å²) in [5.41, 5.74) is -0.346. The van der Waals surface area contributed by atoms with Crippen molar-refractivity contribution in [1.29, 1.82) is 0 Å². The second-order valence-electron chi connectivity index (χ2n) is 4.40. The van der Waals surface area contributed by atoms with Crippen LogP contribution in [0.1, 0.15) is 32.0 Å². The summed E-state index contributed by atoms with van der Waals surface area (Å²) in [6.07, 6.45) is 5.00. The predicted molar refractivity (Wildman–Crippen MR) is 70.6 cm³/mol. The first-order valence-corrected chi connectivity index (χ1v) is 6.14. The molecule has 0 aromatic carbocycles. The van der Waals surface area contributed by atoms with Crippen LogP contribution < -0.4 is 10.6 Å². The van der Waals surface area contributed by atoms with Gasteiger partial charge in [0.15, 0.2) is 0 Å². The molecule has 1 atom stereocenters. The van der Waals surface area contributed by atoms with Crippen molar-refractivity contribution in [3.63, 3.8) is 0 Å². The number of amides is 1. The molecular formula is C11H20ClN5O. The average Bonchev–Trinajstić information content (AvgIpc) is 3.00. The van der Waals surface area contributed by atoms with E-state index in [4.69, 9.17) is 0 Å². The summed E-state index contributed by atoms with van der Waals surface area (Å²) in [4.78, 5) is 16.1. The maximum Gasteiger partial charge on any atom is 0.240 e. The first kappa shape index (κ1) is 14.9. The Balaban J connectivity index is 0.00000162. The lowest BCUT2D eigenvalue weighted by Crippen LogP contribution is -2.53. The largest absolute Gasteiger partial charge is 0.354 e. The van der Waals surface area contributed by atoms with E-state index in [-0.39, 0.29) is 23.9 Å². The van der Waals surface area contributed by atoms with Crippen molar-refractivity contribution in [1.82, 2.24) is 25.8 Å². The van der Waals surface area contributed by atoms with E-state index in [9.17, 15) is 4.79 Å². The molecule has 102 valence electrons. The number of hydrogen-bond acceptors (Lipinski definition) is 4. The molecule has 2 heterocycles. The molecule has 3 N–H and O–H groups in total. The highest BCUT2D eigenvalue weighted by atomic mass is 35.5. The van der Waals surface area contributed by atoms with Gasteiger partial charge in [-0.25, -0.2) is 4.98 Å². The van der Waals surface area contributed by atoms with E-state index in [2.05, 4.69) is 25.8 Å². The van der Waals surface area contributed by atoms with Crippen LogP contribution in [-0.4, -0.2) is 39.7 Å². The Morgan fingerprint density at radius 2 is 2.44 bits per heavy atom. The minimum atomic E-state index is -0.346. The molecule has 1 aliphatic heterocycles. The molecule has 18 heavy (non-hydrogen) atoms. The smallest absolute Gasteiger partial charge is 0.240 e. The van der Waals surface area contributed by atoms with Crippen molar-refractivity contribution >= 4 is 18.3 Å². The van der Waals surface area contributed by atoms with E-state index >= 15 is 0 Å². The SMILES string of the molecule is CCC1(C(=O)NCCc2ncn[nH]2)CCCN1.Cl. The third kappa shape index (κ3) is 3.20. The highest BCUT2D eigenvalue weighted by molar-refractivity contribution is 5.86. The molecule has 0 spiro atoms. The summed E-state index contributed by atoms with van der Waals surface area (Å²) in [6.45, 7) is 3.58. The summed E-state index contributed by atoms with van der Waals surface area (Å²) >= 11 is 0. The van der Waals surface area contributed by atoms with Crippen molar-refractivity contribution in [2.75, 3.05) is 13.1 Å². The molecule has 1 aromatic rings. The van der Waals surface area contributed by atoms with E-state index in [0.29, 0.717) is 13.0 Å². The number of hydrogen-bond donors (Lipinski definition) is 3. The van der Waals surface area contributed by atoms with Gasteiger partial charge in [-0.1, -0.05) is 6.92 Å². The van der Waals surface area contributed by atoms with E-state index in [1.165, 1.54) is 6.33 Å². The molecule has 1 amide bonds. The Labute approximate surface area is 113 Å². The quantitative estimate of drug-likeness (QED) is 0.726. The minimum Gasteiger partial charge on any atom is -0.354 e. The van der Waals surface area contributed by atoms with Crippen molar-refractivity contribution in [2.45, 2.75) is 38.1 Å². The maximum absolute atomic E-state index is 12.1. The van der Waals surface area contributed by atoms with Crippen LogP contribution in [0.15, 0.2) is 6.33 Å². The van der Waals surface area contributed by atoms with Crippen molar-refractivity contribution in [3.05, 3.63) is 12.2 Å². The summed E-state index contributed by atoms with van der Waals surface area (Å²) in [5.74, 6) is 0.909. The van der Waals surface area contributed by atoms with Gasteiger partial charge in [0.25, 0.3) is 0 Å². The molecule has 6 nitrogen and oxygen atoms in total. The van der Waals surface area contributed by atoms with Crippen molar-refractivity contribution < 1.29 is 4.79 Å². The van der Waals surface area contributed by atoms with Gasteiger partial charge in [0, 0.05) is 13.0 Å². The van der Waals surface area contributed by atoms with E-state index in [0.717, 1.165) is 31.6 Å². The number of halogens is 1. The topological polar surface area (TPSA) is 82.7 Å². The Hall–Kier alpha value is -1.14. The number of aromatic nitrogens is 3. The second kappa shape index (κ2) is 6.70. The number of carbonyl (C=O) groups is 1. The summed E-state index contributed by atoms with van der Waals surface area (Å²) in [5, 5.41) is 12.8. The zero-order valence-corrected chi connectivity index (χ0v) is 11.3. The van der Waals surface area contributed by atoms with Crippen LogP contribution in [0, 0.1) is 0 Å². The second-order valence-corrected chi connectivity index (χ2v) is 4.40. The van der Waals surface area contributed by atoms with E-state index in [1.807, 2.05) is 6.92 Å². The molecule has 2 rings (SSSR count). The maximum atomic E-state index is 12.1. The summed E-state index contributed by atoms with van der Waals surface area (Å²) in [6, 6.07) is 0. The van der Waals surface area contributed by atoms with Crippen LogP contribution in [0.4, 0.5) is 0 Å². The van der Waals surface area contributed by atoms with Gasteiger partial charge in [-0.2, -0.15) is 5.10 Å². The average molecular weight is 274 g/mol. The minimum absolute atomic E-state index is 0. The van der Waals surface area contributed by atoms with Crippen LogP contribution in [0.5, 0.6) is 0 Å². The molecule has 1 fully saturated rings.